The largest absolute Gasteiger partial charge is 0.354 e. The van der Waals surface area contributed by atoms with Crippen LogP contribution in [0.2, 0.25) is 0 Å². The molecule has 1 aliphatic rings. The van der Waals surface area contributed by atoms with Gasteiger partial charge in [-0.2, -0.15) is 0 Å². The lowest BCUT2D eigenvalue weighted by Gasteiger charge is -2.14. The zero-order valence-electron chi connectivity index (χ0n) is 11.8. The second-order valence-corrected chi connectivity index (χ2v) is 5.22. The number of hydrogen-bond acceptors (Lipinski definition) is 3. The molecule has 1 fully saturated rings. The van der Waals surface area contributed by atoms with Crippen molar-refractivity contribution < 1.29 is 9.59 Å². The maximum Gasteiger partial charge on any atom is 0.239 e. The molecule has 0 aliphatic carbocycles. The van der Waals surface area contributed by atoms with Crippen LogP contribution in [0, 0.1) is 0 Å². The normalized spacial score (nSPS) is 14.9. The van der Waals surface area contributed by atoms with Crippen LogP contribution in [0.3, 0.4) is 0 Å². The van der Waals surface area contributed by atoms with Crippen molar-refractivity contribution in [2.75, 3.05) is 19.6 Å². The molecule has 21 heavy (non-hydrogen) atoms. The Bertz CT molecular complexity index is 631. The van der Waals surface area contributed by atoms with Crippen molar-refractivity contribution in [2.45, 2.75) is 19.3 Å². The minimum Gasteiger partial charge on any atom is -0.354 e. The molecule has 0 saturated carbocycles. The molecule has 0 bridgehead atoms. The highest BCUT2D eigenvalue weighted by Gasteiger charge is 2.21. The minimum absolute atomic E-state index is 0.0717. The third-order valence-electron chi connectivity index (χ3n) is 3.63. The first-order valence-electron chi connectivity index (χ1n) is 7.20. The molecule has 3 rings (SSSR count). The van der Waals surface area contributed by atoms with Crippen LogP contribution in [0.5, 0.6) is 0 Å². The summed E-state index contributed by atoms with van der Waals surface area (Å²) >= 11 is 0. The number of carbonyl (C=O) groups excluding carboxylic acids is 2. The van der Waals surface area contributed by atoms with E-state index < -0.39 is 0 Å². The van der Waals surface area contributed by atoms with Crippen LogP contribution in [0.1, 0.15) is 18.7 Å². The number of imidazole rings is 1. The molecule has 2 amide bonds. The zero-order valence-corrected chi connectivity index (χ0v) is 11.8. The van der Waals surface area contributed by atoms with Gasteiger partial charge in [-0.15, -0.1) is 0 Å². The first-order valence-corrected chi connectivity index (χ1v) is 7.20. The number of aromatic amines is 1. The van der Waals surface area contributed by atoms with E-state index in [1.807, 2.05) is 24.3 Å². The van der Waals surface area contributed by atoms with Crippen LogP contribution in [-0.4, -0.2) is 46.3 Å². The van der Waals surface area contributed by atoms with E-state index in [-0.39, 0.29) is 18.4 Å². The van der Waals surface area contributed by atoms with E-state index in [0.29, 0.717) is 25.9 Å². The Morgan fingerprint density at radius 2 is 2.24 bits per heavy atom. The Hall–Kier alpha value is -2.37. The lowest BCUT2D eigenvalue weighted by atomic mass is 10.3. The fourth-order valence-electron chi connectivity index (χ4n) is 2.54. The van der Waals surface area contributed by atoms with Gasteiger partial charge in [-0.05, 0) is 18.6 Å². The van der Waals surface area contributed by atoms with Crippen molar-refractivity contribution in [1.29, 1.82) is 0 Å². The van der Waals surface area contributed by atoms with Gasteiger partial charge in [0.25, 0.3) is 0 Å². The average molecular weight is 286 g/mol. The monoisotopic (exact) mass is 286 g/mol. The number of para-hydroxylation sites is 2. The molecule has 0 unspecified atom stereocenters. The predicted octanol–water partition coefficient (Wildman–Crippen LogP) is 0.844. The lowest BCUT2D eigenvalue weighted by Crippen LogP contribution is -2.38. The Kier molecular flexibility index (Phi) is 3.85. The lowest BCUT2D eigenvalue weighted by molar-refractivity contribution is -0.133. The number of rotatable bonds is 5. The van der Waals surface area contributed by atoms with Crippen molar-refractivity contribution >= 4 is 22.8 Å². The number of fused-ring (bicyclic) bond motifs is 1. The van der Waals surface area contributed by atoms with E-state index in [2.05, 4.69) is 15.3 Å². The highest BCUT2D eigenvalue weighted by Crippen LogP contribution is 2.10. The van der Waals surface area contributed by atoms with Gasteiger partial charge in [0, 0.05) is 25.9 Å². The summed E-state index contributed by atoms with van der Waals surface area (Å²) < 4.78 is 0. The molecule has 1 aromatic heterocycles. The maximum absolute atomic E-state index is 11.8. The second kappa shape index (κ2) is 5.95. The van der Waals surface area contributed by atoms with Crippen LogP contribution >= 0.6 is 0 Å². The van der Waals surface area contributed by atoms with Gasteiger partial charge >= 0.3 is 0 Å². The van der Waals surface area contributed by atoms with Crippen molar-refractivity contribution in [3.8, 4) is 0 Å². The summed E-state index contributed by atoms with van der Waals surface area (Å²) in [4.78, 5) is 32.5. The second-order valence-electron chi connectivity index (χ2n) is 5.22. The first kappa shape index (κ1) is 13.6. The van der Waals surface area contributed by atoms with Crippen LogP contribution in [-0.2, 0) is 16.0 Å². The summed E-state index contributed by atoms with van der Waals surface area (Å²) in [7, 11) is 0. The number of amides is 2. The number of aromatic nitrogens is 2. The summed E-state index contributed by atoms with van der Waals surface area (Å²) in [5.41, 5.74) is 1.93. The zero-order chi connectivity index (χ0) is 14.7. The van der Waals surface area contributed by atoms with Gasteiger partial charge in [0.1, 0.15) is 5.82 Å². The molecule has 0 spiro atoms. The first-order chi connectivity index (χ1) is 10.2. The summed E-state index contributed by atoms with van der Waals surface area (Å²) in [6.07, 6.45) is 2.06. The van der Waals surface area contributed by atoms with Gasteiger partial charge in [0.15, 0.2) is 0 Å². The molecule has 2 heterocycles. The SMILES string of the molecule is O=C(CN1CCCC1=O)NCCc1nc2ccccc2[nH]1. The summed E-state index contributed by atoms with van der Waals surface area (Å²) in [5.74, 6) is 0.817. The molecule has 110 valence electrons. The molecule has 1 aromatic carbocycles. The van der Waals surface area contributed by atoms with Crippen molar-refractivity contribution in [3.63, 3.8) is 0 Å². The Balaban J connectivity index is 1.47. The van der Waals surface area contributed by atoms with Crippen LogP contribution in [0.25, 0.3) is 11.0 Å². The number of nitrogens with zero attached hydrogens (tertiary/aromatic N) is 2. The topological polar surface area (TPSA) is 78.1 Å². The van der Waals surface area contributed by atoms with E-state index in [9.17, 15) is 9.59 Å². The third-order valence-corrected chi connectivity index (χ3v) is 3.63. The van der Waals surface area contributed by atoms with Crippen LogP contribution in [0.4, 0.5) is 0 Å². The fraction of sp³-hybridized carbons (Fsp3) is 0.400. The van der Waals surface area contributed by atoms with Crippen molar-refractivity contribution in [2.24, 2.45) is 0 Å². The average Bonchev–Trinajstić information content (AvgIpc) is 3.05. The molecular weight excluding hydrogens is 268 g/mol. The van der Waals surface area contributed by atoms with E-state index >= 15 is 0 Å². The van der Waals surface area contributed by atoms with Crippen LogP contribution < -0.4 is 5.32 Å². The predicted molar refractivity (Wildman–Crippen MR) is 78.6 cm³/mol. The molecule has 6 heteroatoms. The molecule has 0 atom stereocenters. The Morgan fingerprint density at radius 1 is 1.38 bits per heavy atom. The molecule has 2 N–H and O–H groups in total. The van der Waals surface area contributed by atoms with E-state index in [1.165, 1.54) is 0 Å². The van der Waals surface area contributed by atoms with Gasteiger partial charge in [-0.1, -0.05) is 12.1 Å². The van der Waals surface area contributed by atoms with E-state index in [1.54, 1.807) is 4.90 Å². The third kappa shape index (κ3) is 3.21. The van der Waals surface area contributed by atoms with Crippen LogP contribution in [0.15, 0.2) is 24.3 Å². The fourth-order valence-corrected chi connectivity index (χ4v) is 2.54. The highest BCUT2D eigenvalue weighted by atomic mass is 16.2. The Morgan fingerprint density at radius 3 is 3.00 bits per heavy atom. The number of benzene rings is 1. The Labute approximate surface area is 122 Å². The summed E-state index contributed by atoms with van der Waals surface area (Å²) in [6.45, 7) is 1.37. The molecule has 0 radical (unpaired) electrons. The van der Waals surface area contributed by atoms with Gasteiger partial charge in [-0.25, -0.2) is 4.98 Å². The van der Waals surface area contributed by atoms with Gasteiger partial charge in [0.2, 0.25) is 11.8 Å². The molecule has 1 saturated heterocycles. The molecule has 1 aliphatic heterocycles. The van der Waals surface area contributed by atoms with Gasteiger partial charge in [0.05, 0.1) is 17.6 Å². The smallest absolute Gasteiger partial charge is 0.239 e. The molecular formula is C15H18N4O2. The standard InChI is InChI=1S/C15H18N4O2/c20-14(10-19-9-3-6-15(19)21)16-8-7-13-17-11-4-1-2-5-12(11)18-13/h1-2,4-5H,3,6-10H2,(H,16,20)(H,17,18). The summed E-state index contributed by atoms with van der Waals surface area (Å²) in [5, 5.41) is 2.83. The highest BCUT2D eigenvalue weighted by molar-refractivity contribution is 5.85. The number of carbonyl (C=O) groups is 2. The molecule has 2 aromatic rings. The van der Waals surface area contributed by atoms with Crippen molar-refractivity contribution in [3.05, 3.63) is 30.1 Å². The maximum atomic E-state index is 11.8. The molecule has 6 nitrogen and oxygen atoms in total. The van der Waals surface area contributed by atoms with Gasteiger partial charge in [-0.3, -0.25) is 9.59 Å². The minimum atomic E-state index is -0.110. The van der Waals surface area contributed by atoms with E-state index in [0.717, 1.165) is 23.3 Å². The quantitative estimate of drug-likeness (QED) is 0.855. The van der Waals surface area contributed by atoms with Gasteiger partial charge < -0.3 is 15.2 Å². The number of H-pyrrole nitrogens is 1. The van der Waals surface area contributed by atoms with Crippen molar-refractivity contribution in [1.82, 2.24) is 20.2 Å². The summed E-state index contributed by atoms with van der Waals surface area (Å²) in [6, 6.07) is 7.83. The number of nitrogens with one attached hydrogen (secondary N) is 2. The van der Waals surface area contributed by atoms with E-state index in [4.69, 9.17) is 0 Å². The number of hydrogen-bond donors (Lipinski definition) is 2. The number of likely N-dealkylation sites (tertiary alicyclic amines) is 1.